The standard InChI is InChI=1S/C16H12BrClF2N2OS/c17-11-6-13(20)14(7-12(11)19)21-24-16-8-22(3-4-23)15-5-9(18)1-2-10(15)16/h1-2,5-8,21,23H,3-4H2. The third-order valence-corrected chi connectivity index (χ3v) is 5.14. The van der Waals surface area contributed by atoms with E-state index in [1.54, 1.807) is 12.1 Å². The second kappa shape index (κ2) is 7.31. The number of halogens is 4. The molecule has 3 nitrogen and oxygen atoms in total. The van der Waals surface area contributed by atoms with Crippen LogP contribution in [-0.4, -0.2) is 16.3 Å². The molecule has 0 atom stereocenters. The molecule has 126 valence electrons. The summed E-state index contributed by atoms with van der Waals surface area (Å²) in [6.45, 7) is 0.402. The van der Waals surface area contributed by atoms with E-state index in [1.807, 2.05) is 16.8 Å². The maximum atomic E-state index is 13.9. The zero-order valence-corrected chi connectivity index (χ0v) is 15.4. The summed E-state index contributed by atoms with van der Waals surface area (Å²) in [6.07, 6.45) is 1.84. The highest BCUT2D eigenvalue weighted by molar-refractivity contribution is 9.10. The second-order valence-electron chi connectivity index (χ2n) is 5.02. The average molecular weight is 434 g/mol. The van der Waals surface area contributed by atoms with E-state index >= 15 is 0 Å². The molecule has 2 N–H and O–H groups in total. The fourth-order valence-electron chi connectivity index (χ4n) is 2.32. The predicted molar refractivity (Wildman–Crippen MR) is 97.6 cm³/mol. The number of fused-ring (bicyclic) bond motifs is 1. The van der Waals surface area contributed by atoms with Crippen LogP contribution >= 0.6 is 39.5 Å². The molecule has 0 unspecified atom stereocenters. The van der Waals surface area contributed by atoms with Crippen LogP contribution in [0.15, 0.2) is 45.9 Å². The van der Waals surface area contributed by atoms with Crippen molar-refractivity contribution in [1.29, 1.82) is 0 Å². The largest absolute Gasteiger partial charge is 0.395 e. The minimum Gasteiger partial charge on any atom is -0.395 e. The summed E-state index contributed by atoms with van der Waals surface area (Å²) in [6, 6.07) is 7.59. The second-order valence-corrected chi connectivity index (χ2v) is 7.16. The average Bonchev–Trinajstić information content (AvgIpc) is 2.87. The van der Waals surface area contributed by atoms with E-state index in [0.717, 1.165) is 27.9 Å². The Morgan fingerprint density at radius 3 is 2.75 bits per heavy atom. The molecule has 1 heterocycles. The number of anilines is 1. The van der Waals surface area contributed by atoms with Gasteiger partial charge in [-0.3, -0.25) is 0 Å². The fourth-order valence-corrected chi connectivity index (χ4v) is 3.64. The third-order valence-electron chi connectivity index (χ3n) is 3.43. The lowest BCUT2D eigenvalue weighted by Crippen LogP contribution is -1.99. The zero-order chi connectivity index (χ0) is 17.3. The van der Waals surface area contributed by atoms with Crippen molar-refractivity contribution in [2.24, 2.45) is 0 Å². The number of nitrogens with zero attached hydrogens (tertiary/aromatic N) is 1. The minimum atomic E-state index is -0.557. The van der Waals surface area contributed by atoms with E-state index < -0.39 is 11.6 Å². The van der Waals surface area contributed by atoms with Crippen molar-refractivity contribution in [3.63, 3.8) is 0 Å². The quantitative estimate of drug-likeness (QED) is 0.415. The first-order valence-electron chi connectivity index (χ1n) is 6.96. The Morgan fingerprint density at radius 1 is 1.21 bits per heavy atom. The molecule has 0 aliphatic heterocycles. The van der Waals surface area contributed by atoms with Crippen molar-refractivity contribution >= 4 is 56.1 Å². The van der Waals surface area contributed by atoms with Crippen LogP contribution in [0.5, 0.6) is 0 Å². The molecule has 0 amide bonds. The third kappa shape index (κ3) is 3.54. The van der Waals surface area contributed by atoms with Crippen molar-refractivity contribution in [2.45, 2.75) is 11.4 Å². The molecule has 0 aliphatic rings. The molecule has 0 saturated carbocycles. The topological polar surface area (TPSA) is 37.2 Å². The summed E-state index contributed by atoms with van der Waals surface area (Å²) in [5.41, 5.74) is 0.918. The number of nitrogens with one attached hydrogen (secondary N) is 1. The van der Waals surface area contributed by atoms with E-state index in [1.165, 1.54) is 11.9 Å². The van der Waals surface area contributed by atoms with Crippen LogP contribution in [-0.2, 0) is 6.54 Å². The van der Waals surface area contributed by atoms with Crippen LogP contribution in [0.25, 0.3) is 10.9 Å². The molecule has 8 heteroatoms. The SMILES string of the molecule is OCCn1cc(SNc2cc(F)c(Br)cc2F)c2ccc(Cl)cc21. The highest BCUT2D eigenvalue weighted by Gasteiger charge is 2.12. The summed E-state index contributed by atoms with van der Waals surface area (Å²) in [4.78, 5) is 0.817. The number of rotatable bonds is 5. The van der Waals surface area contributed by atoms with Crippen LogP contribution in [0.1, 0.15) is 0 Å². The molecule has 3 rings (SSSR count). The van der Waals surface area contributed by atoms with E-state index in [2.05, 4.69) is 20.7 Å². The molecular weight excluding hydrogens is 422 g/mol. The van der Waals surface area contributed by atoms with Crippen molar-refractivity contribution in [2.75, 3.05) is 11.3 Å². The van der Waals surface area contributed by atoms with Gasteiger partial charge in [-0.25, -0.2) is 8.78 Å². The molecule has 0 radical (unpaired) electrons. The van der Waals surface area contributed by atoms with Gasteiger partial charge in [0.15, 0.2) is 0 Å². The van der Waals surface area contributed by atoms with E-state index in [-0.39, 0.29) is 16.8 Å². The lowest BCUT2D eigenvalue weighted by atomic mass is 10.2. The number of aromatic nitrogens is 1. The molecule has 2 aromatic carbocycles. The summed E-state index contributed by atoms with van der Waals surface area (Å²) in [5, 5.41) is 10.7. The first kappa shape index (κ1) is 17.5. The molecule has 24 heavy (non-hydrogen) atoms. The highest BCUT2D eigenvalue weighted by Crippen LogP contribution is 2.33. The Kier molecular flexibility index (Phi) is 5.34. The molecule has 0 fully saturated rings. The van der Waals surface area contributed by atoms with Crippen LogP contribution in [0.4, 0.5) is 14.5 Å². The van der Waals surface area contributed by atoms with Gasteiger partial charge < -0.3 is 14.4 Å². The molecule has 0 aliphatic carbocycles. The normalized spacial score (nSPS) is 11.2. The van der Waals surface area contributed by atoms with Crippen molar-refractivity contribution < 1.29 is 13.9 Å². The zero-order valence-electron chi connectivity index (χ0n) is 12.2. The smallest absolute Gasteiger partial charge is 0.148 e. The summed E-state index contributed by atoms with van der Waals surface area (Å²) < 4.78 is 32.2. The Balaban J connectivity index is 1.92. The van der Waals surface area contributed by atoms with Gasteiger partial charge in [0.25, 0.3) is 0 Å². The monoisotopic (exact) mass is 432 g/mol. The maximum absolute atomic E-state index is 13.9. The molecule has 0 saturated heterocycles. The Bertz CT molecular complexity index is 903. The molecule has 3 aromatic rings. The molecular formula is C16H12BrClF2N2OS. The number of aliphatic hydroxyl groups excluding tert-OH is 1. The number of aliphatic hydroxyl groups is 1. The first-order valence-corrected chi connectivity index (χ1v) is 8.95. The van der Waals surface area contributed by atoms with Crippen molar-refractivity contribution in [3.05, 3.63) is 57.7 Å². The summed E-state index contributed by atoms with van der Waals surface area (Å²) in [5.74, 6) is -1.10. The van der Waals surface area contributed by atoms with Gasteiger partial charge in [-0.2, -0.15) is 0 Å². The summed E-state index contributed by atoms with van der Waals surface area (Å²) in [7, 11) is 0. The van der Waals surface area contributed by atoms with Gasteiger partial charge in [0.1, 0.15) is 11.6 Å². The van der Waals surface area contributed by atoms with E-state index in [0.29, 0.717) is 11.6 Å². The van der Waals surface area contributed by atoms with Crippen LogP contribution in [0.3, 0.4) is 0 Å². The van der Waals surface area contributed by atoms with Gasteiger partial charge in [0, 0.05) is 29.2 Å². The predicted octanol–water partition coefficient (Wildman–Crippen LogP) is 5.45. The van der Waals surface area contributed by atoms with Gasteiger partial charge >= 0.3 is 0 Å². The maximum Gasteiger partial charge on any atom is 0.148 e. The Morgan fingerprint density at radius 2 is 2.00 bits per heavy atom. The Hall–Kier alpha value is -1.28. The van der Waals surface area contributed by atoms with Gasteiger partial charge in [-0.05, 0) is 46.1 Å². The van der Waals surface area contributed by atoms with E-state index in [9.17, 15) is 13.9 Å². The molecule has 0 spiro atoms. The minimum absolute atomic E-state index is 0.0135. The van der Waals surface area contributed by atoms with Gasteiger partial charge in [-0.1, -0.05) is 17.7 Å². The number of hydrogen-bond donors (Lipinski definition) is 2. The highest BCUT2D eigenvalue weighted by atomic mass is 79.9. The Labute approximate surface area is 154 Å². The van der Waals surface area contributed by atoms with Gasteiger partial charge in [0.2, 0.25) is 0 Å². The lowest BCUT2D eigenvalue weighted by Gasteiger charge is -2.07. The number of benzene rings is 2. The first-order chi connectivity index (χ1) is 11.5. The van der Waals surface area contributed by atoms with Gasteiger partial charge in [-0.15, -0.1) is 0 Å². The molecule has 1 aromatic heterocycles. The van der Waals surface area contributed by atoms with Crippen molar-refractivity contribution in [3.8, 4) is 0 Å². The van der Waals surface area contributed by atoms with Crippen LogP contribution in [0.2, 0.25) is 5.02 Å². The van der Waals surface area contributed by atoms with Crippen molar-refractivity contribution in [1.82, 2.24) is 4.57 Å². The number of hydrogen-bond acceptors (Lipinski definition) is 3. The lowest BCUT2D eigenvalue weighted by molar-refractivity contribution is 0.278. The van der Waals surface area contributed by atoms with Gasteiger partial charge in [0.05, 0.1) is 27.2 Å². The van der Waals surface area contributed by atoms with Crippen LogP contribution in [0, 0.1) is 11.6 Å². The van der Waals surface area contributed by atoms with Crippen LogP contribution < -0.4 is 4.72 Å². The van der Waals surface area contributed by atoms with E-state index in [4.69, 9.17) is 11.6 Å². The fraction of sp³-hybridized carbons (Fsp3) is 0.125. The molecule has 0 bridgehead atoms. The summed E-state index contributed by atoms with van der Waals surface area (Å²) >= 11 is 10.1.